The Kier molecular flexibility index (Phi) is 5.46. The van der Waals surface area contributed by atoms with Crippen molar-refractivity contribution in [2.75, 3.05) is 6.54 Å². The fourth-order valence-electron chi connectivity index (χ4n) is 3.03. The lowest BCUT2D eigenvalue weighted by atomic mass is 9.83. The highest BCUT2D eigenvalue weighted by Crippen LogP contribution is 2.40. The van der Waals surface area contributed by atoms with Crippen LogP contribution in [-0.2, 0) is 12.0 Å². The molecule has 0 aliphatic carbocycles. The Balaban J connectivity index is 2.17. The normalized spacial score (nSPS) is 19.5. The van der Waals surface area contributed by atoms with Gasteiger partial charge in [0.2, 0.25) is 0 Å². The van der Waals surface area contributed by atoms with Crippen molar-refractivity contribution < 1.29 is 13.2 Å². The molecule has 1 aliphatic rings. The first-order valence-corrected chi connectivity index (χ1v) is 8.47. The van der Waals surface area contributed by atoms with Crippen LogP contribution < -0.4 is 0 Å². The number of hydrogen-bond donors (Lipinski definition) is 0. The summed E-state index contributed by atoms with van der Waals surface area (Å²) in [6.07, 6.45) is 2.13. The molecule has 0 saturated carbocycles. The Morgan fingerprint density at radius 3 is 2.25 bits per heavy atom. The van der Waals surface area contributed by atoms with E-state index < -0.39 is 11.6 Å². The van der Waals surface area contributed by atoms with Gasteiger partial charge in [-0.25, -0.2) is 0 Å². The van der Waals surface area contributed by atoms with Gasteiger partial charge >= 0.3 is 6.18 Å². The second-order valence-corrected chi connectivity index (χ2v) is 6.80. The number of alkyl halides is 3. The summed E-state index contributed by atoms with van der Waals surface area (Å²) in [6, 6.07) is 6.86. The Bertz CT molecular complexity index is 621. The molecule has 0 atom stereocenters. The van der Waals surface area contributed by atoms with Crippen molar-refractivity contribution in [2.45, 2.75) is 58.7 Å². The van der Waals surface area contributed by atoms with Crippen molar-refractivity contribution in [2.24, 2.45) is 0 Å². The van der Waals surface area contributed by atoms with Gasteiger partial charge in [0, 0.05) is 18.8 Å². The van der Waals surface area contributed by atoms with Gasteiger partial charge in [0.1, 0.15) is 0 Å². The number of benzene rings is 1. The summed E-state index contributed by atoms with van der Waals surface area (Å²) in [5, 5.41) is 0. The van der Waals surface area contributed by atoms with E-state index in [-0.39, 0.29) is 0 Å². The summed E-state index contributed by atoms with van der Waals surface area (Å²) in [5.74, 6) is 0. The molecule has 1 nitrogen and oxygen atoms in total. The quantitative estimate of drug-likeness (QED) is 0.654. The summed E-state index contributed by atoms with van der Waals surface area (Å²) in [5.41, 5.74) is 2.13. The second-order valence-electron chi connectivity index (χ2n) is 6.80. The first-order chi connectivity index (χ1) is 11.2. The Morgan fingerprint density at radius 1 is 1.12 bits per heavy atom. The maximum atomic E-state index is 13.1. The zero-order valence-electron chi connectivity index (χ0n) is 14.9. The van der Waals surface area contributed by atoms with Crippen molar-refractivity contribution in [3.05, 3.63) is 58.8 Å². The van der Waals surface area contributed by atoms with E-state index in [9.17, 15) is 13.2 Å². The van der Waals surface area contributed by atoms with E-state index in [4.69, 9.17) is 0 Å². The van der Waals surface area contributed by atoms with Crippen LogP contribution in [0.3, 0.4) is 0 Å². The number of rotatable bonds is 4. The van der Waals surface area contributed by atoms with Crippen LogP contribution in [0.2, 0.25) is 0 Å². The minimum absolute atomic E-state index is 0.304. The summed E-state index contributed by atoms with van der Waals surface area (Å²) in [7, 11) is 0. The first kappa shape index (κ1) is 18.6. The molecule has 0 N–H and O–H groups in total. The molecular formula is C20H26F3N. The van der Waals surface area contributed by atoms with Crippen LogP contribution in [-0.4, -0.2) is 17.6 Å². The van der Waals surface area contributed by atoms with Crippen LogP contribution in [0.1, 0.15) is 51.7 Å². The number of likely N-dealkylation sites (tertiary alicyclic amines) is 1. The van der Waals surface area contributed by atoms with E-state index in [0.29, 0.717) is 5.56 Å². The fourth-order valence-corrected chi connectivity index (χ4v) is 3.03. The van der Waals surface area contributed by atoms with Crippen molar-refractivity contribution in [1.29, 1.82) is 0 Å². The molecule has 4 heteroatoms. The molecule has 1 aromatic rings. The minimum Gasteiger partial charge on any atom is -0.367 e. The molecule has 0 aromatic heterocycles. The topological polar surface area (TPSA) is 3.24 Å². The highest BCUT2D eigenvalue weighted by atomic mass is 19.4. The third-order valence-electron chi connectivity index (χ3n) is 4.82. The van der Waals surface area contributed by atoms with Crippen LogP contribution in [0.25, 0.3) is 0 Å². The molecule has 1 fully saturated rings. The smallest absolute Gasteiger partial charge is 0.367 e. The predicted octanol–water partition coefficient (Wildman–Crippen LogP) is 5.97. The SMILES string of the molecule is CC=C1CCN(Cc2ccc(C(C)(C)C(F)(F)F)cc2)C1=CCC. The zero-order chi connectivity index (χ0) is 18.0. The largest absolute Gasteiger partial charge is 0.397 e. The molecule has 24 heavy (non-hydrogen) atoms. The van der Waals surface area contributed by atoms with Gasteiger partial charge in [0.05, 0.1) is 5.41 Å². The van der Waals surface area contributed by atoms with Crippen LogP contribution >= 0.6 is 0 Å². The maximum absolute atomic E-state index is 13.1. The van der Waals surface area contributed by atoms with E-state index in [2.05, 4.69) is 30.9 Å². The Morgan fingerprint density at radius 2 is 1.75 bits per heavy atom. The molecule has 0 unspecified atom stereocenters. The number of nitrogens with zero attached hydrogens (tertiary/aromatic N) is 1. The highest BCUT2D eigenvalue weighted by Gasteiger charge is 2.48. The lowest BCUT2D eigenvalue weighted by molar-refractivity contribution is -0.180. The lowest BCUT2D eigenvalue weighted by Crippen LogP contribution is -2.36. The molecule has 0 bridgehead atoms. The second kappa shape index (κ2) is 7.04. The van der Waals surface area contributed by atoms with E-state index >= 15 is 0 Å². The Labute approximate surface area is 142 Å². The predicted molar refractivity (Wildman–Crippen MR) is 92.7 cm³/mol. The molecule has 1 aromatic carbocycles. The van der Waals surface area contributed by atoms with Gasteiger partial charge in [0.15, 0.2) is 0 Å². The van der Waals surface area contributed by atoms with Crippen molar-refractivity contribution in [3.8, 4) is 0 Å². The highest BCUT2D eigenvalue weighted by molar-refractivity contribution is 5.35. The van der Waals surface area contributed by atoms with Crippen molar-refractivity contribution in [1.82, 2.24) is 4.90 Å². The van der Waals surface area contributed by atoms with E-state index in [1.54, 1.807) is 12.1 Å². The van der Waals surface area contributed by atoms with Gasteiger partial charge in [-0.3, -0.25) is 0 Å². The number of halogens is 3. The fraction of sp³-hybridized carbons (Fsp3) is 0.500. The molecule has 1 saturated heterocycles. The zero-order valence-corrected chi connectivity index (χ0v) is 14.9. The van der Waals surface area contributed by atoms with Crippen LogP contribution in [0.4, 0.5) is 13.2 Å². The third kappa shape index (κ3) is 3.68. The van der Waals surface area contributed by atoms with E-state index in [1.807, 2.05) is 12.1 Å². The van der Waals surface area contributed by atoms with Crippen LogP contribution in [0.5, 0.6) is 0 Å². The molecule has 0 spiro atoms. The number of allylic oxidation sites excluding steroid dienone is 3. The molecule has 0 amide bonds. The summed E-state index contributed by atoms with van der Waals surface area (Å²) >= 11 is 0. The Hall–Kier alpha value is -1.71. The summed E-state index contributed by atoms with van der Waals surface area (Å²) < 4.78 is 39.4. The van der Waals surface area contributed by atoms with E-state index in [1.165, 1.54) is 25.1 Å². The lowest BCUT2D eigenvalue weighted by Gasteiger charge is -2.28. The van der Waals surface area contributed by atoms with Crippen molar-refractivity contribution >= 4 is 0 Å². The molecule has 1 heterocycles. The summed E-state index contributed by atoms with van der Waals surface area (Å²) in [4.78, 5) is 2.31. The van der Waals surface area contributed by atoms with Crippen molar-refractivity contribution in [3.63, 3.8) is 0 Å². The average Bonchev–Trinajstić information content (AvgIpc) is 2.89. The van der Waals surface area contributed by atoms with Gasteiger partial charge in [-0.1, -0.05) is 43.3 Å². The molecular weight excluding hydrogens is 311 g/mol. The molecule has 2 rings (SSSR count). The maximum Gasteiger partial charge on any atom is 0.397 e. The van der Waals surface area contributed by atoms with Gasteiger partial charge in [-0.2, -0.15) is 13.2 Å². The average molecular weight is 337 g/mol. The third-order valence-corrected chi connectivity index (χ3v) is 4.82. The monoisotopic (exact) mass is 337 g/mol. The standard InChI is InChI=1S/C20H26F3N/c1-5-7-18-16(6-2)12-13-24(18)14-15-8-10-17(11-9-15)19(3,4)20(21,22)23/h6-11H,5,12-14H2,1-4H3. The van der Waals surface area contributed by atoms with Crippen LogP contribution in [0, 0.1) is 0 Å². The van der Waals surface area contributed by atoms with Crippen LogP contribution in [0.15, 0.2) is 47.7 Å². The van der Waals surface area contributed by atoms with Gasteiger partial charge in [-0.05, 0) is 50.3 Å². The molecule has 0 radical (unpaired) electrons. The van der Waals surface area contributed by atoms with Gasteiger partial charge < -0.3 is 4.90 Å². The molecule has 132 valence electrons. The van der Waals surface area contributed by atoms with Gasteiger partial charge in [-0.15, -0.1) is 0 Å². The summed E-state index contributed by atoms with van der Waals surface area (Å²) in [6.45, 7) is 8.31. The van der Waals surface area contributed by atoms with Gasteiger partial charge in [0.25, 0.3) is 0 Å². The molecule has 1 aliphatic heterocycles. The van der Waals surface area contributed by atoms with E-state index in [0.717, 1.165) is 31.5 Å². The number of hydrogen-bond acceptors (Lipinski definition) is 1. The first-order valence-electron chi connectivity index (χ1n) is 8.47. The minimum atomic E-state index is -4.25.